The predicted molar refractivity (Wildman–Crippen MR) is 121 cm³/mol. The fraction of sp³-hybridized carbons (Fsp3) is 0. The minimum Gasteiger partial charge on any atom is -0.501 e. The molecular formula is C26H21BO3. The van der Waals surface area contributed by atoms with Crippen molar-refractivity contribution in [1.82, 2.24) is 0 Å². The largest absolute Gasteiger partial charge is 0.785 e. The van der Waals surface area contributed by atoms with Crippen LogP contribution in [0.25, 0.3) is 11.3 Å². The summed E-state index contributed by atoms with van der Waals surface area (Å²) in [5.74, 6) is 1.06. The second-order valence-corrected chi connectivity index (χ2v) is 6.66. The van der Waals surface area contributed by atoms with Crippen molar-refractivity contribution in [2.24, 2.45) is 0 Å². The summed E-state index contributed by atoms with van der Waals surface area (Å²) in [6, 6.07) is 38.8. The molecule has 30 heavy (non-hydrogen) atoms. The van der Waals surface area contributed by atoms with Gasteiger partial charge in [-0.15, -0.1) is 0 Å². The molecule has 0 heterocycles. The van der Waals surface area contributed by atoms with Crippen molar-refractivity contribution in [1.29, 1.82) is 0 Å². The third kappa shape index (κ3) is 4.80. The van der Waals surface area contributed by atoms with Crippen LogP contribution in [0.2, 0.25) is 0 Å². The lowest BCUT2D eigenvalue weighted by Gasteiger charge is -2.19. The molecule has 0 aromatic heterocycles. The predicted octanol–water partition coefficient (Wildman–Crippen LogP) is 5.68. The molecule has 0 bridgehead atoms. The number of para-hydroxylation sites is 1. The zero-order valence-corrected chi connectivity index (χ0v) is 16.4. The molecule has 0 saturated heterocycles. The molecule has 4 aromatic carbocycles. The highest BCUT2D eigenvalue weighted by atomic mass is 16.7. The van der Waals surface area contributed by atoms with Gasteiger partial charge < -0.3 is 14.3 Å². The van der Waals surface area contributed by atoms with E-state index in [0.29, 0.717) is 11.5 Å². The van der Waals surface area contributed by atoms with Gasteiger partial charge in [0.15, 0.2) is 0 Å². The van der Waals surface area contributed by atoms with E-state index >= 15 is 0 Å². The van der Waals surface area contributed by atoms with Crippen molar-refractivity contribution in [3.05, 3.63) is 138 Å². The lowest BCUT2D eigenvalue weighted by Crippen LogP contribution is -2.26. The number of hydrogen-bond acceptors (Lipinski definition) is 3. The Balaban J connectivity index is 1.82. The van der Waals surface area contributed by atoms with E-state index < -0.39 is 7.32 Å². The molecule has 0 radical (unpaired) electrons. The first-order valence-electron chi connectivity index (χ1n) is 9.78. The van der Waals surface area contributed by atoms with E-state index in [0.717, 1.165) is 22.3 Å². The molecule has 0 aliphatic carbocycles. The SMILES string of the molecule is OB(OC(=C(c1ccccc1)c1ccccc1)c1ccccc1)Oc1ccccc1. The number of hydrogen-bond donors (Lipinski definition) is 1. The minimum absolute atomic E-state index is 0.526. The standard InChI is InChI=1S/C26H21BO3/c28-27(29-24-19-11-4-12-20-24)30-26(23-17-9-3-10-18-23)25(21-13-5-1-6-14-21)22-15-7-2-8-16-22/h1-20,28H. The fourth-order valence-corrected chi connectivity index (χ4v) is 3.24. The first kappa shape index (κ1) is 19.6. The third-order valence-electron chi connectivity index (χ3n) is 4.59. The zero-order chi connectivity index (χ0) is 20.6. The molecular weight excluding hydrogens is 371 g/mol. The molecule has 0 aliphatic rings. The Morgan fingerprint density at radius 2 is 0.933 bits per heavy atom. The quantitative estimate of drug-likeness (QED) is 0.250. The molecule has 0 amide bonds. The smallest absolute Gasteiger partial charge is 0.501 e. The van der Waals surface area contributed by atoms with Crippen LogP contribution in [-0.4, -0.2) is 12.3 Å². The van der Waals surface area contributed by atoms with Crippen molar-refractivity contribution < 1.29 is 14.3 Å². The molecule has 146 valence electrons. The van der Waals surface area contributed by atoms with Crippen LogP contribution in [0.15, 0.2) is 121 Å². The van der Waals surface area contributed by atoms with Gasteiger partial charge in [0.25, 0.3) is 0 Å². The summed E-state index contributed by atoms with van der Waals surface area (Å²) in [7, 11) is -1.47. The van der Waals surface area contributed by atoms with Crippen LogP contribution >= 0.6 is 0 Å². The van der Waals surface area contributed by atoms with Gasteiger partial charge in [-0.2, -0.15) is 0 Å². The highest BCUT2D eigenvalue weighted by molar-refractivity contribution is 6.37. The van der Waals surface area contributed by atoms with Crippen molar-refractivity contribution in [3.63, 3.8) is 0 Å². The van der Waals surface area contributed by atoms with Gasteiger partial charge in [-0.3, -0.25) is 0 Å². The Hall–Kier alpha value is -3.76. The second kappa shape index (κ2) is 9.63. The Bertz CT molecular complexity index is 1040. The zero-order valence-electron chi connectivity index (χ0n) is 16.4. The normalized spacial score (nSPS) is 10.2. The first-order chi connectivity index (χ1) is 14.8. The van der Waals surface area contributed by atoms with Gasteiger partial charge in [0, 0.05) is 11.1 Å². The lowest BCUT2D eigenvalue weighted by molar-refractivity contribution is 0.280. The molecule has 0 saturated carbocycles. The Kier molecular flexibility index (Phi) is 6.28. The molecule has 4 aromatic rings. The van der Waals surface area contributed by atoms with E-state index in [1.54, 1.807) is 12.1 Å². The molecule has 4 heteroatoms. The molecule has 1 N–H and O–H groups in total. The van der Waals surface area contributed by atoms with E-state index in [2.05, 4.69) is 0 Å². The van der Waals surface area contributed by atoms with Gasteiger partial charge in [0.2, 0.25) is 0 Å². The maximum atomic E-state index is 10.6. The van der Waals surface area contributed by atoms with Crippen molar-refractivity contribution in [2.75, 3.05) is 0 Å². The van der Waals surface area contributed by atoms with Crippen LogP contribution in [0.4, 0.5) is 0 Å². The van der Waals surface area contributed by atoms with E-state index in [4.69, 9.17) is 9.31 Å². The van der Waals surface area contributed by atoms with Crippen molar-refractivity contribution in [3.8, 4) is 5.75 Å². The molecule has 0 fully saturated rings. The Labute approximate surface area is 177 Å². The Morgan fingerprint density at radius 1 is 0.533 bits per heavy atom. The van der Waals surface area contributed by atoms with E-state index in [1.165, 1.54) is 0 Å². The van der Waals surface area contributed by atoms with Crippen molar-refractivity contribution in [2.45, 2.75) is 0 Å². The average Bonchev–Trinajstić information content (AvgIpc) is 2.81. The van der Waals surface area contributed by atoms with Gasteiger partial charge in [0.05, 0.1) is 0 Å². The van der Waals surface area contributed by atoms with Gasteiger partial charge >= 0.3 is 7.32 Å². The molecule has 0 aliphatic heterocycles. The first-order valence-corrected chi connectivity index (χ1v) is 9.78. The third-order valence-corrected chi connectivity index (χ3v) is 4.59. The monoisotopic (exact) mass is 392 g/mol. The van der Waals surface area contributed by atoms with Crippen LogP contribution in [0.3, 0.4) is 0 Å². The molecule has 3 nitrogen and oxygen atoms in total. The van der Waals surface area contributed by atoms with E-state index in [-0.39, 0.29) is 0 Å². The van der Waals surface area contributed by atoms with Crippen molar-refractivity contribution >= 4 is 18.7 Å². The number of rotatable bonds is 7. The molecule has 4 rings (SSSR count). The fourth-order valence-electron chi connectivity index (χ4n) is 3.24. The summed E-state index contributed by atoms with van der Waals surface area (Å²) in [5.41, 5.74) is 3.68. The molecule has 0 spiro atoms. The topological polar surface area (TPSA) is 38.7 Å². The lowest BCUT2D eigenvalue weighted by atomic mass is 9.93. The summed E-state index contributed by atoms with van der Waals surface area (Å²) in [6.07, 6.45) is 0. The van der Waals surface area contributed by atoms with Crippen LogP contribution in [0.1, 0.15) is 16.7 Å². The van der Waals surface area contributed by atoms with Crippen LogP contribution in [0, 0.1) is 0 Å². The molecule has 0 unspecified atom stereocenters. The van der Waals surface area contributed by atoms with Gasteiger partial charge in [-0.25, -0.2) is 0 Å². The second-order valence-electron chi connectivity index (χ2n) is 6.66. The number of benzene rings is 4. The van der Waals surface area contributed by atoms with Crippen LogP contribution in [-0.2, 0) is 4.65 Å². The van der Waals surface area contributed by atoms with Gasteiger partial charge in [-0.05, 0) is 23.3 Å². The molecule has 0 atom stereocenters. The maximum absolute atomic E-state index is 10.6. The highest BCUT2D eigenvalue weighted by Crippen LogP contribution is 2.33. The summed E-state index contributed by atoms with van der Waals surface area (Å²) >= 11 is 0. The van der Waals surface area contributed by atoms with E-state index in [9.17, 15) is 5.02 Å². The van der Waals surface area contributed by atoms with Gasteiger partial charge in [0.1, 0.15) is 11.5 Å². The summed E-state index contributed by atoms with van der Waals surface area (Å²) in [5, 5.41) is 10.6. The summed E-state index contributed by atoms with van der Waals surface area (Å²) < 4.78 is 11.6. The van der Waals surface area contributed by atoms with Crippen LogP contribution < -0.4 is 4.65 Å². The maximum Gasteiger partial charge on any atom is 0.785 e. The summed E-state index contributed by atoms with van der Waals surface area (Å²) in [6.45, 7) is 0. The van der Waals surface area contributed by atoms with Crippen LogP contribution in [0.5, 0.6) is 5.75 Å². The highest BCUT2D eigenvalue weighted by Gasteiger charge is 2.26. The van der Waals surface area contributed by atoms with E-state index in [1.807, 2.05) is 109 Å². The average molecular weight is 392 g/mol. The summed E-state index contributed by atoms with van der Waals surface area (Å²) in [4.78, 5) is 0. The minimum atomic E-state index is -1.47. The Morgan fingerprint density at radius 3 is 1.40 bits per heavy atom. The van der Waals surface area contributed by atoms with Gasteiger partial charge in [-0.1, -0.05) is 109 Å².